The van der Waals surface area contributed by atoms with Gasteiger partial charge in [-0.15, -0.1) is 0 Å². The Hall–Kier alpha value is -7.04. The molecule has 0 atom stereocenters. The van der Waals surface area contributed by atoms with Crippen molar-refractivity contribution in [3.63, 3.8) is 0 Å². The van der Waals surface area contributed by atoms with Crippen molar-refractivity contribution in [3.8, 4) is 0 Å². The molecular weight excluding hydrogens is 839 g/mol. The minimum absolute atomic E-state index is 0.0242. The number of fused-ring (bicyclic) bond motifs is 15. The molecule has 4 nitrogen and oxygen atoms in total. The van der Waals surface area contributed by atoms with E-state index in [1.54, 1.807) is 0 Å². The zero-order valence-corrected chi connectivity index (χ0v) is 42.5. The standard InChI is InChI=1S/C65H61N3O/c1-36-22-25-44-43-20-17-21-52(65(11,12)13)60(43)69-61(44)57(36)66(40-18-15-14-16-19-40)41-24-26-42-48-29-38(63(5,6)7)31-50-47-34-55-46(35-56(47)68(58(48)50)54(42)33-41)51-32-39(64(8,9)10)30-49-45-28-37(62(2,3)4)23-27-53(45)67(55)59(49)51/h14-35H,1-13H3. The summed E-state index contributed by atoms with van der Waals surface area (Å²) in [5.41, 5.74) is 19.0. The molecule has 0 unspecified atom stereocenters. The predicted molar refractivity (Wildman–Crippen MR) is 297 cm³/mol. The van der Waals surface area contributed by atoms with Gasteiger partial charge in [0, 0.05) is 70.8 Å². The van der Waals surface area contributed by atoms with Crippen LogP contribution < -0.4 is 4.90 Å². The van der Waals surface area contributed by atoms with E-state index in [9.17, 15) is 0 Å². The van der Waals surface area contributed by atoms with Gasteiger partial charge in [-0.25, -0.2) is 0 Å². The fourth-order valence-electron chi connectivity index (χ4n) is 11.8. The van der Waals surface area contributed by atoms with Gasteiger partial charge >= 0.3 is 0 Å². The van der Waals surface area contributed by atoms with Gasteiger partial charge in [0.1, 0.15) is 5.58 Å². The number of anilines is 3. The molecule has 69 heavy (non-hydrogen) atoms. The summed E-state index contributed by atoms with van der Waals surface area (Å²) >= 11 is 0. The molecule has 5 aromatic heterocycles. The van der Waals surface area contributed by atoms with E-state index in [1.807, 2.05) is 0 Å². The van der Waals surface area contributed by atoms with Crippen molar-refractivity contribution < 1.29 is 4.42 Å². The molecule has 5 heterocycles. The first-order chi connectivity index (χ1) is 32.7. The van der Waals surface area contributed by atoms with E-state index in [1.165, 1.54) is 98.4 Å². The van der Waals surface area contributed by atoms with Crippen LogP contribution in [0.3, 0.4) is 0 Å². The van der Waals surface area contributed by atoms with E-state index in [4.69, 9.17) is 4.42 Å². The van der Waals surface area contributed by atoms with Crippen molar-refractivity contribution in [2.24, 2.45) is 0 Å². The summed E-state index contributed by atoms with van der Waals surface area (Å²) in [4.78, 5) is 2.43. The van der Waals surface area contributed by atoms with Crippen molar-refractivity contribution in [1.29, 1.82) is 0 Å². The largest absolute Gasteiger partial charge is 0.454 e. The average molecular weight is 900 g/mol. The molecule has 0 aliphatic heterocycles. The zero-order valence-electron chi connectivity index (χ0n) is 42.5. The number of aromatic nitrogens is 2. The normalized spacial score (nSPS) is 13.6. The molecule has 0 aliphatic carbocycles. The smallest absolute Gasteiger partial charge is 0.159 e. The Morgan fingerprint density at radius 3 is 1.45 bits per heavy atom. The summed E-state index contributed by atoms with van der Waals surface area (Å²) in [6.45, 7) is 30.1. The molecule has 0 fully saturated rings. The fourth-order valence-corrected chi connectivity index (χ4v) is 11.8. The third kappa shape index (κ3) is 5.87. The van der Waals surface area contributed by atoms with Gasteiger partial charge in [-0.3, -0.25) is 0 Å². The van der Waals surface area contributed by atoms with Crippen LogP contribution in [0.4, 0.5) is 17.1 Å². The Labute approximate surface area is 404 Å². The van der Waals surface area contributed by atoms with Gasteiger partial charge in [-0.1, -0.05) is 144 Å². The first-order valence-corrected chi connectivity index (χ1v) is 24.9. The maximum atomic E-state index is 7.14. The number of benzene rings is 8. The quantitative estimate of drug-likeness (QED) is 0.177. The van der Waals surface area contributed by atoms with E-state index < -0.39 is 0 Å². The van der Waals surface area contributed by atoms with Crippen LogP contribution in [0, 0.1) is 6.92 Å². The van der Waals surface area contributed by atoms with E-state index in [-0.39, 0.29) is 21.7 Å². The summed E-state index contributed by atoms with van der Waals surface area (Å²) in [5, 5.41) is 12.7. The Morgan fingerprint density at radius 1 is 0.362 bits per heavy atom. The summed E-state index contributed by atoms with van der Waals surface area (Å²) in [7, 11) is 0. The monoisotopic (exact) mass is 899 g/mol. The van der Waals surface area contributed by atoms with Crippen molar-refractivity contribution in [1.82, 2.24) is 8.80 Å². The highest BCUT2D eigenvalue weighted by molar-refractivity contribution is 6.29. The highest BCUT2D eigenvalue weighted by Crippen LogP contribution is 2.50. The minimum atomic E-state index is -0.0797. The number of aryl methyl sites for hydroxylation is 1. The average Bonchev–Trinajstić information content (AvgIpc) is 4.09. The molecule has 0 amide bonds. The molecule has 13 aromatic rings. The molecule has 13 rings (SSSR count). The summed E-state index contributed by atoms with van der Waals surface area (Å²) in [5.74, 6) is 0. The lowest BCUT2D eigenvalue weighted by molar-refractivity contribution is 0.573. The minimum Gasteiger partial charge on any atom is -0.454 e. The molecule has 0 radical (unpaired) electrons. The molecule has 342 valence electrons. The molecule has 0 aliphatic rings. The zero-order chi connectivity index (χ0) is 48.0. The van der Waals surface area contributed by atoms with Crippen LogP contribution in [-0.4, -0.2) is 8.80 Å². The Balaban J connectivity index is 1.15. The van der Waals surface area contributed by atoms with Crippen molar-refractivity contribution in [2.75, 3.05) is 4.90 Å². The molecular formula is C65H61N3O. The first kappa shape index (κ1) is 42.1. The van der Waals surface area contributed by atoms with Crippen molar-refractivity contribution in [2.45, 2.75) is 112 Å². The van der Waals surface area contributed by atoms with E-state index >= 15 is 0 Å². The number of hydrogen-bond acceptors (Lipinski definition) is 2. The van der Waals surface area contributed by atoms with Gasteiger partial charge in [-0.05, 0) is 124 Å². The van der Waals surface area contributed by atoms with E-state index in [0.717, 1.165) is 44.6 Å². The van der Waals surface area contributed by atoms with Gasteiger partial charge in [0.25, 0.3) is 0 Å². The number of nitrogens with zero attached hydrogens (tertiary/aromatic N) is 3. The second-order valence-electron chi connectivity index (χ2n) is 24.4. The topological polar surface area (TPSA) is 25.2 Å². The van der Waals surface area contributed by atoms with Crippen LogP contribution in [0.15, 0.2) is 138 Å². The second-order valence-corrected chi connectivity index (χ2v) is 24.4. The Bertz CT molecular complexity index is 4280. The fraction of sp³-hybridized carbons (Fsp3) is 0.262. The number of rotatable bonds is 3. The number of furan rings is 1. The van der Waals surface area contributed by atoms with E-state index in [2.05, 4.69) is 237 Å². The molecule has 4 heteroatoms. The maximum absolute atomic E-state index is 7.14. The van der Waals surface area contributed by atoms with Crippen molar-refractivity contribution >= 4 is 115 Å². The van der Waals surface area contributed by atoms with Crippen LogP contribution in [0.2, 0.25) is 0 Å². The third-order valence-corrected chi connectivity index (χ3v) is 15.6. The van der Waals surface area contributed by atoms with Gasteiger partial charge in [0.2, 0.25) is 0 Å². The Kier molecular flexibility index (Phi) is 8.29. The van der Waals surface area contributed by atoms with Crippen LogP contribution >= 0.6 is 0 Å². The van der Waals surface area contributed by atoms with Crippen LogP contribution in [0.5, 0.6) is 0 Å². The van der Waals surface area contributed by atoms with Crippen LogP contribution in [0.25, 0.3) is 98.1 Å². The molecule has 8 aromatic carbocycles. The molecule has 0 bridgehead atoms. The van der Waals surface area contributed by atoms with Gasteiger partial charge in [-0.2, -0.15) is 0 Å². The van der Waals surface area contributed by atoms with E-state index in [0.29, 0.717) is 0 Å². The van der Waals surface area contributed by atoms with Crippen LogP contribution in [-0.2, 0) is 21.7 Å². The number of para-hydroxylation sites is 2. The van der Waals surface area contributed by atoms with Gasteiger partial charge < -0.3 is 18.1 Å². The van der Waals surface area contributed by atoms with Gasteiger partial charge in [0.05, 0.1) is 38.8 Å². The second kappa shape index (κ2) is 13.6. The predicted octanol–water partition coefficient (Wildman–Crippen LogP) is 18.9. The van der Waals surface area contributed by atoms with Crippen LogP contribution in [0.1, 0.15) is 111 Å². The summed E-state index contributed by atoms with van der Waals surface area (Å²) in [6, 6.07) is 51.3. The number of hydrogen-bond donors (Lipinski definition) is 0. The molecule has 0 N–H and O–H groups in total. The SMILES string of the molecule is Cc1ccc2c(oc3c(C(C)(C)C)cccc32)c1N(c1ccccc1)c1ccc2c3cc(C(C)(C)C)cc4c5cc6c(cc5n(c2c1)c34)c1cc(C(C)(C)C)cc2c3cc(C(C)(C)C)ccc3n6c21. The highest BCUT2D eigenvalue weighted by atomic mass is 16.3. The highest BCUT2D eigenvalue weighted by Gasteiger charge is 2.30. The lowest BCUT2D eigenvalue weighted by atomic mass is 9.84. The lowest BCUT2D eigenvalue weighted by Crippen LogP contribution is -2.11. The summed E-state index contributed by atoms with van der Waals surface area (Å²) in [6.07, 6.45) is 0. The Morgan fingerprint density at radius 2 is 0.870 bits per heavy atom. The molecule has 0 saturated carbocycles. The van der Waals surface area contributed by atoms with Gasteiger partial charge in [0.15, 0.2) is 5.58 Å². The first-order valence-electron chi connectivity index (χ1n) is 24.9. The third-order valence-electron chi connectivity index (χ3n) is 15.6. The van der Waals surface area contributed by atoms with Crippen molar-refractivity contribution in [3.05, 3.63) is 161 Å². The lowest BCUT2D eigenvalue weighted by Gasteiger charge is -2.27. The maximum Gasteiger partial charge on any atom is 0.159 e. The summed E-state index contributed by atoms with van der Waals surface area (Å²) < 4.78 is 12.3. The molecule has 0 spiro atoms. The molecule has 0 saturated heterocycles.